The molecule has 2 aliphatic rings. The number of fused-ring (bicyclic) bond motifs is 1. The van der Waals surface area contributed by atoms with Crippen LogP contribution in [-0.2, 0) is 6.54 Å². The molecule has 3 rings (SSSR count). The first-order chi connectivity index (χ1) is 8.98. The SMILES string of the molecule is CC1(C)C2CNCC2CN1Cc1cc(Cl)ccc1O. The van der Waals surface area contributed by atoms with Crippen molar-refractivity contribution in [3.63, 3.8) is 0 Å². The number of nitrogens with one attached hydrogen (secondary N) is 1. The monoisotopic (exact) mass is 280 g/mol. The molecule has 2 N–H and O–H groups in total. The van der Waals surface area contributed by atoms with E-state index in [0.29, 0.717) is 16.7 Å². The quantitative estimate of drug-likeness (QED) is 0.874. The van der Waals surface area contributed by atoms with Gasteiger partial charge in [0.25, 0.3) is 0 Å². The van der Waals surface area contributed by atoms with Crippen LogP contribution in [0, 0.1) is 11.8 Å². The first-order valence-corrected chi connectivity index (χ1v) is 7.29. The summed E-state index contributed by atoms with van der Waals surface area (Å²) in [6.07, 6.45) is 0. The first-order valence-electron chi connectivity index (χ1n) is 6.91. The van der Waals surface area contributed by atoms with Crippen molar-refractivity contribution in [3.05, 3.63) is 28.8 Å². The molecule has 1 aromatic rings. The average Bonchev–Trinajstić information content (AvgIpc) is 2.89. The van der Waals surface area contributed by atoms with E-state index in [2.05, 4.69) is 24.1 Å². The normalized spacial score (nSPS) is 29.6. The van der Waals surface area contributed by atoms with E-state index in [9.17, 15) is 5.11 Å². The highest BCUT2D eigenvalue weighted by Gasteiger charge is 2.49. The highest BCUT2D eigenvalue weighted by atomic mass is 35.5. The van der Waals surface area contributed by atoms with Crippen LogP contribution >= 0.6 is 11.6 Å². The summed E-state index contributed by atoms with van der Waals surface area (Å²) < 4.78 is 0. The zero-order valence-corrected chi connectivity index (χ0v) is 12.2. The van der Waals surface area contributed by atoms with Crippen molar-refractivity contribution in [2.75, 3.05) is 19.6 Å². The van der Waals surface area contributed by atoms with Crippen LogP contribution in [0.5, 0.6) is 5.75 Å². The summed E-state index contributed by atoms with van der Waals surface area (Å²) >= 11 is 6.03. The molecule has 2 heterocycles. The average molecular weight is 281 g/mol. The van der Waals surface area contributed by atoms with Crippen LogP contribution in [0.1, 0.15) is 19.4 Å². The van der Waals surface area contributed by atoms with E-state index in [1.807, 2.05) is 6.07 Å². The first kappa shape index (κ1) is 13.2. The molecule has 1 aromatic carbocycles. The van der Waals surface area contributed by atoms with Gasteiger partial charge in [0.15, 0.2) is 0 Å². The fourth-order valence-electron chi connectivity index (χ4n) is 3.66. The van der Waals surface area contributed by atoms with E-state index in [1.54, 1.807) is 12.1 Å². The summed E-state index contributed by atoms with van der Waals surface area (Å²) in [5.74, 6) is 1.78. The van der Waals surface area contributed by atoms with Gasteiger partial charge in [-0.2, -0.15) is 0 Å². The third-order valence-corrected chi connectivity index (χ3v) is 5.15. The van der Waals surface area contributed by atoms with E-state index in [4.69, 9.17) is 11.6 Å². The Kier molecular flexibility index (Phi) is 3.24. The van der Waals surface area contributed by atoms with Crippen LogP contribution in [0.3, 0.4) is 0 Å². The van der Waals surface area contributed by atoms with Gasteiger partial charge in [-0.3, -0.25) is 4.90 Å². The summed E-state index contributed by atoms with van der Waals surface area (Å²) in [6, 6.07) is 5.29. The molecule has 2 unspecified atom stereocenters. The molecule has 2 atom stereocenters. The molecule has 0 bridgehead atoms. The number of phenolic OH excluding ortho intramolecular Hbond substituents is 1. The highest BCUT2D eigenvalue weighted by molar-refractivity contribution is 6.30. The Morgan fingerprint density at radius 3 is 2.95 bits per heavy atom. The Hall–Kier alpha value is -0.770. The summed E-state index contributed by atoms with van der Waals surface area (Å²) in [4.78, 5) is 2.48. The molecule has 0 amide bonds. The highest BCUT2D eigenvalue weighted by Crippen LogP contribution is 2.42. The van der Waals surface area contributed by atoms with Crippen LogP contribution in [0.25, 0.3) is 0 Å². The molecule has 104 valence electrons. The second kappa shape index (κ2) is 4.65. The third-order valence-electron chi connectivity index (χ3n) is 4.92. The van der Waals surface area contributed by atoms with Gasteiger partial charge in [0, 0.05) is 35.8 Å². The lowest BCUT2D eigenvalue weighted by Crippen LogP contribution is -2.43. The molecule has 0 aliphatic carbocycles. The summed E-state index contributed by atoms with van der Waals surface area (Å²) in [6.45, 7) is 8.71. The Morgan fingerprint density at radius 2 is 2.21 bits per heavy atom. The van der Waals surface area contributed by atoms with Crippen molar-refractivity contribution in [2.24, 2.45) is 11.8 Å². The third kappa shape index (κ3) is 2.24. The maximum absolute atomic E-state index is 9.97. The lowest BCUT2D eigenvalue weighted by molar-refractivity contribution is 0.131. The van der Waals surface area contributed by atoms with Crippen LogP contribution in [0.4, 0.5) is 0 Å². The van der Waals surface area contributed by atoms with E-state index in [-0.39, 0.29) is 5.54 Å². The van der Waals surface area contributed by atoms with Crippen LogP contribution in [0.2, 0.25) is 5.02 Å². The van der Waals surface area contributed by atoms with Gasteiger partial charge < -0.3 is 10.4 Å². The molecule has 2 fully saturated rings. The second-order valence-corrected chi connectivity index (χ2v) is 6.77. The molecule has 4 heteroatoms. The predicted molar refractivity (Wildman–Crippen MR) is 77.5 cm³/mol. The van der Waals surface area contributed by atoms with Gasteiger partial charge in [-0.1, -0.05) is 11.6 Å². The smallest absolute Gasteiger partial charge is 0.120 e. The lowest BCUT2D eigenvalue weighted by atomic mass is 9.85. The number of phenols is 1. The van der Waals surface area contributed by atoms with E-state index < -0.39 is 0 Å². The molecule has 0 radical (unpaired) electrons. The number of likely N-dealkylation sites (tertiary alicyclic amines) is 1. The summed E-state index contributed by atoms with van der Waals surface area (Å²) in [7, 11) is 0. The molecule has 2 aliphatic heterocycles. The van der Waals surface area contributed by atoms with Crippen molar-refractivity contribution in [1.82, 2.24) is 10.2 Å². The van der Waals surface area contributed by atoms with Crippen molar-refractivity contribution >= 4 is 11.6 Å². The number of halogens is 1. The summed E-state index contributed by atoms with van der Waals surface area (Å²) in [5, 5.41) is 14.1. The maximum atomic E-state index is 9.97. The molecule has 0 spiro atoms. The molecule has 2 saturated heterocycles. The number of hydrogen-bond acceptors (Lipinski definition) is 3. The number of hydrogen-bond donors (Lipinski definition) is 2. The predicted octanol–water partition coefficient (Wildman–Crippen LogP) is 2.48. The number of aromatic hydroxyl groups is 1. The van der Waals surface area contributed by atoms with E-state index >= 15 is 0 Å². The van der Waals surface area contributed by atoms with Gasteiger partial charge in [-0.25, -0.2) is 0 Å². The molecule has 0 saturated carbocycles. The fraction of sp³-hybridized carbons (Fsp3) is 0.600. The van der Waals surface area contributed by atoms with Crippen molar-refractivity contribution in [3.8, 4) is 5.75 Å². The fourth-order valence-corrected chi connectivity index (χ4v) is 3.85. The Labute approximate surface area is 119 Å². The minimum atomic E-state index is 0.170. The van der Waals surface area contributed by atoms with Gasteiger partial charge in [-0.05, 0) is 50.4 Å². The van der Waals surface area contributed by atoms with Crippen molar-refractivity contribution < 1.29 is 5.11 Å². The van der Waals surface area contributed by atoms with Crippen LogP contribution in [-0.4, -0.2) is 35.2 Å². The zero-order valence-electron chi connectivity index (χ0n) is 11.5. The number of rotatable bonds is 2. The molecule has 19 heavy (non-hydrogen) atoms. The van der Waals surface area contributed by atoms with Crippen LogP contribution in [0.15, 0.2) is 18.2 Å². The van der Waals surface area contributed by atoms with Crippen molar-refractivity contribution in [1.29, 1.82) is 0 Å². The maximum Gasteiger partial charge on any atom is 0.120 e. The molecule has 0 aromatic heterocycles. The van der Waals surface area contributed by atoms with Gasteiger partial charge in [0.2, 0.25) is 0 Å². The molecule has 3 nitrogen and oxygen atoms in total. The standard InChI is InChI=1S/C15H21ClN2O/c1-15(2)13-7-17-6-11(13)9-18(15)8-10-5-12(16)3-4-14(10)19/h3-5,11,13,17,19H,6-9H2,1-2H3. The van der Waals surface area contributed by atoms with Gasteiger partial charge in [0.1, 0.15) is 5.75 Å². The lowest BCUT2D eigenvalue weighted by Gasteiger charge is -2.35. The Morgan fingerprint density at radius 1 is 1.42 bits per heavy atom. The van der Waals surface area contributed by atoms with Crippen LogP contribution < -0.4 is 5.32 Å². The number of nitrogens with zero attached hydrogens (tertiary/aromatic N) is 1. The van der Waals surface area contributed by atoms with Gasteiger partial charge >= 0.3 is 0 Å². The minimum absolute atomic E-state index is 0.170. The summed E-state index contributed by atoms with van der Waals surface area (Å²) in [5.41, 5.74) is 1.09. The Bertz CT molecular complexity index is 489. The van der Waals surface area contributed by atoms with Gasteiger partial charge in [-0.15, -0.1) is 0 Å². The van der Waals surface area contributed by atoms with Crippen molar-refractivity contribution in [2.45, 2.75) is 25.9 Å². The topological polar surface area (TPSA) is 35.5 Å². The Balaban J connectivity index is 1.82. The second-order valence-electron chi connectivity index (χ2n) is 6.33. The molecular formula is C15H21ClN2O. The van der Waals surface area contributed by atoms with Gasteiger partial charge in [0.05, 0.1) is 0 Å². The molecular weight excluding hydrogens is 260 g/mol. The zero-order chi connectivity index (χ0) is 13.6. The largest absolute Gasteiger partial charge is 0.508 e. The minimum Gasteiger partial charge on any atom is -0.508 e. The van der Waals surface area contributed by atoms with E-state index in [0.717, 1.165) is 37.7 Å². The number of benzene rings is 1. The van der Waals surface area contributed by atoms with E-state index in [1.165, 1.54) is 0 Å².